The minimum atomic E-state index is 0.769. The summed E-state index contributed by atoms with van der Waals surface area (Å²) >= 11 is 0. The highest BCUT2D eigenvalue weighted by Crippen LogP contribution is 2.60. The van der Waals surface area contributed by atoms with Crippen molar-refractivity contribution in [2.45, 2.75) is 39.0 Å². The van der Waals surface area contributed by atoms with Crippen LogP contribution in [0.2, 0.25) is 0 Å². The molecule has 2 aliphatic carbocycles. The van der Waals surface area contributed by atoms with Gasteiger partial charge in [-0.1, -0.05) is 6.92 Å². The number of rotatable bonds is 8. The Bertz CT molecular complexity index is 171. The third kappa shape index (κ3) is 2.71. The minimum absolute atomic E-state index is 0.769. The second-order valence-electron chi connectivity index (χ2n) is 5.06. The Labute approximate surface area is 87.8 Å². The molecule has 0 aromatic carbocycles. The lowest BCUT2D eigenvalue weighted by atomic mass is 10.0. The molecule has 0 atom stereocenters. The zero-order chi connectivity index (χ0) is 9.86. The van der Waals surface area contributed by atoms with Gasteiger partial charge in [0.1, 0.15) is 0 Å². The van der Waals surface area contributed by atoms with E-state index in [4.69, 9.17) is 0 Å². The fourth-order valence-corrected chi connectivity index (χ4v) is 2.40. The summed E-state index contributed by atoms with van der Waals surface area (Å²) in [5, 5.41) is 7.03. The van der Waals surface area contributed by atoms with Gasteiger partial charge in [-0.3, -0.25) is 0 Å². The maximum absolute atomic E-state index is 3.61. The zero-order valence-corrected chi connectivity index (χ0v) is 9.44. The van der Waals surface area contributed by atoms with Gasteiger partial charge in [0.25, 0.3) is 0 Å². The van der Waals surface area contributed by atoms with Crippen molar-refractivity contribution in [3.05, 3.63) is 0 Å². The standard InChI is InChI=1S/C12H24N2/c1-2-7-13-8-9-14-10-12(5-6-12)11-3-4-11/h11,13-14H,2-10H2,1H3. The second kappa shape index (κ2) is 4.63. The highest BCUT2D eigenvalue weighted by atomic mass is 15.0. The van der Waals surface area contributed by atoms with E-state index >= 15 is 0 Å². The van der Waals surface area contributed by atoms with E-state index in [1.54, 1.807) is 0 Å². The molecule has 0 aliphatic heterocycles. The molecule has 0 spiro atoms. The average molecular weight is 196 g/mol. The van der Waals surface area contributed by atoms with Crippen LogP contribution in [0.1, 0.15) is 39.0 Å². The summed E-state index contributed by atoms with van der Waals surface area (Å²) in [7, 11) is 0. The molecule has 0 amide bonds. The summed E-state index contributed by atoms with van der Waals surface area (Å²) in [4.78, 5) is 0. The Balaban J connectivity index is 1.47. The lowest BCUT2D eigenvalue weighted by Crippen LogP contribution is -2.32. The summed E-state index contributed by atoms with van der Waals surface area (Å²) in [6.45, 7) is 6.94. The summed E-state index contributed by atoms with van der Waals surface area (Å²) in [5.41, 5.74) is 0.769. The molecule has 2 rings (SSSR count). The highest BCUT2D eigenvalue weighted by molar-refractivity contribution is 5.04. The third-order valence-corrected chi connectivity index (χ3v) is 3.72. The zero-order valence-electron chi connectivity index (χ0n) is 9.44. The van der Waals surface area contributed by atoms with E-state index in [1.165, 1.54) is 38.6 Å². The van der Waals surface area contributed by atoms with Crippen molar-refractivity contribution in [2.75, 3.05) is 26.2 Å². The van der Waals surface area contributed by atoms with Gasteiger partial charge in [0.2, 0.25) is 0 Å². The largest absolute Gasteiger partial charge is 0.315 e. The second-order valence-corrected chi connectivity index (χ2v) is 5.06. The van der Waals surface area contributed by atoms with Crippen molar-refractivity contribution in [3.8, 4) is 0 Å². The first-order valence-corrected chi connectivity index (χ1v) is 6.29. The van der Waals surface area contributed by atoms with Gasteiger partial charge in [-0.2, -0.15) is 0 Å². The van der Waals surface area contributed by atoms with Crippen LogP contribution >= 0.6 is 0 Å². The van der Waals surface area contributed by atoms with Crippen molar-refractivity contribution in [2.24, 2.45) is 11.3 Å². The normalized spacial score (nSPS) is 23.8. The molecule has 0 aromatic heterocycles. The molecule has 0 aromatic rings. The van der Waals surface area contributed by atoms with Gasteiger partial charge in [-0.05, 0) is 50.0 Å². The van der Waals surface area contributed by atoms with Gasteiger partial charge >= 0.3 is 0 Å². The van der Waals surface area contributed by atoms with Crippen LogP contribution in [0.4, 0.5) is 0 Å². The molecule has 0 bridgehead atoms. The van der Waals surface area contributed by atoms with Crippen LogP contribution in [0.15, 0.2) is 0 Å². The van der Waals surface area contributed by atoms with Gasteiger partial charge in [-0.15, -0.1) is 0 Å². The molecule has 2 N–H and O–H groups in total. The number of nitrogens with one attached hydrogen (secondary N) is 2. The Morgan fingerprint density at radius 2 is 1.79 bits per heavy atom. The van der Waals surface area contributed by atoms with Gasteiger partial charge in [0, 0.05) is 19.6 Å². The molecular weight excluding hydrogens is 172 g/mol. The van der Waals surface area contributed by atoms with Crippen molar-refractivity contribution in [1.82, 2.24) is 10.6 Å². The molecule has 0 heterocycles. The first-order chi connectivity index (χ1) is 6.87. The molecule has 0 unspecified atom stereocenters. The van der Waals surface area contributed by atoms with E-state index in [1.807, 2.05) is 0 Å². The van der Waals surface area contributed by atoms with E-state index in [0.717, 1.165) is 31.0 Å². The third-order valence-electron chi connectivity index (χ3n) is 3.72. The van der Waals surface area contributed by atoms with Gasteiger partial charge < -0.3 is 10.6 Å². The maximum Gasteiger partial charge on any atom is 0.00769 e. The monoisotopic (exact) mass is 196 g/mol. The van der Waals surface area contributed by atoms with Crippen LogP contribution in [0, 0.1) is 11.3 Å². The Kier molecular flexibility index (Phi) is 3.45. The van der Waals surface area contributed by atoms with Crippen LogP contribution in [-0.4, -0.2) is 26.2 Å². The minimum Gasteiger partial charge on any atom is -0.315 e. The molecular formula is C12H24N2. The van der Waals surface area contributed by atoms with Gasteiger partial charge in [0.15, 0.2) is 0 Å². The fraction of sp³-hybridized carbons (Fsp3) is 1.00. The molecule has 0 radical (unpaired) electrons. The molecule has 2 aliphatic rings. The molecule has 0 saturated heterocycles. The smallest absolute Gasteiger partial charge is 0.00769 e. The average Bonchev–Trinajstić information content (AvgIpc) is 3.03. The molecule has 2 saturated carbocycles. The van der Waals surface area contributed by atoms with Crippen molar-refractivity contribution in [3.63, 3.8) is 0 Å². The summed E-state index contributed by atoms with van der Waals surface area (Å²) in [6, 6.07) is 0. The summed E-state index contributed by atoms with van der Waals surface area (Å²) in [6.07, 6.45) is 7.25. The van der Waals surface area contributed by atoms with Crippen molar-refractivity contribution >= 4 is 0 Å². The van der Waals surface area contributed by atoms with Gasteiger partial charge in [-0.25, -0.2) is 0 Å². The SMILES string of the molecule is CCCNCCNCC1(C2CC2)CC1. The molecule has 14 heavy (non-hydrogen) atoms. The van der Waals surface area contributed by atoms with Crippen molar-refractivity contribution in [1.29, 1.82) is 0 Å². The molecule has 82 valence electrons. The van der Waals surface area contributed by atoms with E-state index in [9.17, 15) is 0 Å². The summed E-state index contributed by atoms with van der Waals surface area (Å²) in [5.74, 6) is 1.10. The van der Waals surface area contributed by atoms with Crippen LogP contribution < -0.4 is 10.6 Å². The number of hydrogen-bond acceptors (Lipinski definition) is 2. The van der Waals surface area contributed by atoms with Crippen LogP contribution in [0.3, 0.4) is 0 Å². The van der Waals surface area contributed by atoms with Crippen LogP contribution in [0.25, 0.3) is 0 Å². The lowest BCUT2D eigenvalue weighted by Gasteiger charge is -2.14. The van der Waals surface area contributed by atoms with E-state index in [0.29, 0.717) is 0 Å². The molecule has 2 nitrogen and oxygen atoms in total. The van der Waals surface area contributed by atoms with E-state index in [2.05, 4.69) is 17.6 Å². The fourth-order valence-electron chi connectivity index (χ4n) is 2.40. The number of hydrogen-bond donors (Lipinski definition) is 2. The first-order valence-electron chi connectivity index (χ1n) is 6.29. The van der Waals surface area contributed by atoms with Gasteiger partial charge in [0.05, 0.1) is 0 Å². The Hall–Kier alpha value is -0.0800. The quantitative estimate of drug-likeness (QED) is 0.578. The van der Waals surface area contributed by atoms with E-state index < -0.39 is 0 Å². The van der Waals surface area contributed by atoms with Crippen molar-refractivity contribution < 1.29 is 0 Å². The Morgan fingerprint density at radius 1 is 1.07 bits per heavy atom. The van der Waals surface area contributed by atoms with E-state index in [-0.39, 0.29) is 0 Å². The molecule has 2 fully saturated rings. The highest BCUT2D eigenvalue weighted by Gasteiger charge is 2.52. The van der Waals surface area contributed by atoms with Crippen LogP contribution in [-0.2, 0) is 0 Å². The molecule has 2 heteroatoms. The Morgan fingerprint density at radius 3 is 2.36 bits per heavy atom. The van der Waals surface area contributed by atoms with Crippen LogP contribution in [0.5, 0.6) is 0 Å². The topological polar surface area (TPSA) is 24.1 Å². The first kappa shape index (κ1) is 10.4. The predicted octanol–water partition coefficient (Wildman–Crippen LogP) is 1.77. The predicted molar refractivity (Wildman–Crippen MR) is 60.4 cm³/mol. The maximum atomic E-state index is 3.61. The lowest BCUT2D eigenvalue weighted by molar-refractivity contribution is 0.403. The summed E-state index contributed by atoms with van der Waals surface area (Å²) < 4.78 is 0.